The molecule has 0 aliphatic carbocycles. The van der Waals surface area contributed by atoms with Crippen LogP contribution in [0.3, 0.4) is 0 Å². The van der Waals surface area contributed by atoms with E-state index in [9.17, 15) is 4.79 Å². The topological polar surface area (TPSA) is 82.7 Å². The monoisotopic (exact) mass is 201 g/mol. The molecule has 0 radical (unpaired) electrons. The van der Waals surface area contributed by atoms with Crippen LogP contribution in [0, 0.1) is 18.3 Å². The van der Waals surface area contributed by atoms with Crippen molar-refractivity contribution in [1.82, 2.24) is 9.97 Å². The van der Waals surface area contributed by atoms with Crippen LogP contribution in [0.1, 0.15) is 11.3 Å². The molecule has 0 amide bonds. The number of H-pyrrole nitrogens is 1. The van der Waals surface area contributed by atoms with Crippen LogP contribution in [0.4, 0.5) is 0 Å². The molecule has 15 heavy (non-hydrogen) atoms. The summed E-state index contributed by atoms with van der Waals surface area (Å²) in [5, 5.41) is 8.57. The van der Waals surface area contributed by atoms with Gasteiger partial charge in [-0.15, -0.1) is 0 Å². The Morgan fingerprint density at radius 2 is 2.40 bits per heavy atom. The standard InChI is InChI=1S/C10H7N3O2/c1-6-8(2-3-15-6)9-12-5-7(4-11)10(14)13-9/h2-3,5H,1H3,(H,12,13,14). The summed E-state index contributed by atoms with van der Waals surface area (Å²) < 4.78 is 5.09. The molecule has 0 atom stereocenters. The molecule has 2 rings (SSSR count). The van der Waals surface area contributed by atoms with E-state index < -0.39 is 5.56 Å². The van der Waals surface area contributed by atoms with Crippen molar-refractivity contribution in [2.75, 3.05) is 0 Å². The van der Waals surface area contributed by atoms with E-state index in [0.717, 1.165) is 5.56 Å². The van der Waals surface area contributed by atoms with Crippen LogP contribution in [0.5, 0.6) is 0 Å². The number of rotatable bonds is 1. The van der Waals surface area contributed by atoms with Crippen molar-refractivity contribution in [2.45, 2.75) is 6.92 Å². The fourth-order valence-corrected chi connectivity index (χ4v) is 1.24. The highest BCUT2D eigenvalue weighted by atomic mass is 16.3. The zero-order chi connectivity index (χ0) is 10.8. The number of aromatic amines is 1. The number of hydrogen-bond donors (Lipinski definition) is 1. The maximum Gasteiger partial charge on any atom is 0.269 e. The highest BCUT2D eigenvalue weighted by Crippen LogP contribution is 2.18. The van der Waals surface area contributed by atoms with Crippen molar-refractivity contribution in [3.63, 3.8) is 0 Å². The first-order chi connectivity index (χ1) is 7.22. The second kappa shape index (κ2) is 3.42. The summed E-state index contributed by atoms with van der Waals surface area (Å²) in [6.07, 6.45) is 2.77. The highest BCUT2D eigenvalue weighted by molar-refractivity contribution is 5.56. The SMILES string of the molecule is Cc1occc1-c1ncc(C#N)c(=O)[nH]1. The molecule has 0 aliphatic heterocycles. The average Bonchev–Trinajstić information content (AvgIpc) is 2.64. The van der Waals surface area contributed by atoms with Gasteiger partial charge in [-0.25, -0.2) is 4.98 Å². The second-order valence-corrected chi connectivity index (χ2v) is 2.98. The van der Waals surface area contributed by atoms with Crippen LogP contribution in [0.15, 0.2) is 27.7 Å². The predicted octanol–water partition coefficient (Wildman–Crippen LogP) is 1.21. The summed E-state index contributed by atoms with van der Waals surface area (Å²) >= 11 is 0. The van der Waals surface area contributed by atoms with Gasteiger partial charge in [-0.3, -0.25) is 4.79 Å². The lowest BCUT2D eigenvalue weighted by molar-refractivity contribution is 0.535. The molecule has 0 unspecified atom stereocenters. The Kier molecular flexibility index (Phi) is 2.10. The van der Waals surface area contributed by atoms with Crippen LogP contribution in [0.25, 0.3) is 11.4 Å². The lowest BCUT2D eigenvalue weighted by Crippen LogP contribution is -2.12. The van der Waals surface area contributed by atoms with Gasteiger partial charge in [0, 0.05) is 0 Å². The lowest BCUT2D eigenvalue weighted by atomic mass is 10.2. The molecule has 1 N–H and O–H groups in total. The van der Waals surface area contributed by atoms with Crippen molar-refractivity contribution in [2.24, 2.45) is 0 Å². The molecule has 5 nitrogen and oxygen atoms in total. The van der Waals surface area contributed by atoms with E-state index in [4.69, 9.17) is 9.68 Å². The summed E-state index contributed by atoms with van der Waals surface area (Å²) in [7, 11) is 0. The third-order valence-corrected chi connectivity index (χ3v) is 2.03. The van der Waals surface area contributed by atoms with E-state index in [2.05, 4.69) is 9.97 Å². The summed E-state index contributed by atoms with van der Waals surface area (Å²) in [5.41, 5.74) is 0.277. The summed E-state index contributed by atoms with van der Waals surface area (Å²) in [5.74, 6) is 1.08. The minimum atomic E-state index is -0.442. The molecule has 2 heterocycles. The van der Waals surface area contributed by atoms with Crippen LogP contribution in [-0.2, 0) is 0 Å². The van der Waals surface area contributed by atoms with Gasteiger partial charge < -0.3 is 9.40 Å². The Balaban J connectivity index is 2.58. The van der Waals surface area contributed by atoms with Gasteiger partial charge in [0.15, 0.2) is 0 Å². The maximum absolute atomic E-state index is 11.3. The molecular formula is C10H7N3O2. The zero-order valence-corrected chi connectivity index (χ0v) is 7.94. The van der Waals surface area contributed by atoms with Gasteiger partial charge in [0.2, 0.25) is 0 Å². The van der Waals surface area contributed by atoms with Gasteiger partial charge in [0.05, 0.1) is 18.0 Å². The van der Waals surface area contributed by atoms with E-state index in [1.807, 2.05) is 0 Å². The molecule has 0 saturated carbocycles. The fraction of sp³-hybridized carbons (Fsp3) is 0.100. The molecule has 0 bridgehead atoms. The van der Waals surface area contributed by atoms with Crippen LogP contribution >= 0.6 is 0 Å². The average molecular weight is 201 g/mol. The van der Waals surface area contributed by atoms with Gasteiger partial charge >= 0.3 is 0 Å². The van der Waals surface area contributed by atoms with Gasteiger partial charge in [-0.2, -0.15) is 5.26 Å². The smallest absolute Gasteiger partial charge is 0.269 e. The van der Waals surface area contributed by atoms with Gasteiger partial charge in [0.25, 0.3) is 5.56 Å². The molecule has 2 aromatic heterocycles. The predicted molar refractivity (Wildman–Crippen MR) is 52.0 cm³/mol. The van der Waals surface area contributed by atoms with Gasteiger partial charge in [0.1, 0.15) is 23.2 Å². The van der Waals surface area contributed by atoms with Crippen molar-refractivity contribution >= 4 is 0 Å². The maximum atomic E-state index is 11.3. The third-order valence-electron chi connectivity index (χ3n) is 2.03. The Morgan fingerprint density at radius 1 is 1.60 bits per heavy atom. The first-order valence-electron chi connectivity index (χ1n) is 4.26. The normalized spacial score (nSPS) is 9.87. The number of nitrogens with one attached hydrogen (secondary N) is 1. The van der Waals surface area contributed by atoms with Crippen molar-refractivity contribution < 1.29 is 4.42 Å². The van der Waals surface area contributed by atoms with Gasteiger partial charge in [-0.05, 0) is 13.0 Å². The largest absolute Gasteiger partial charge is 0.469 e. The highest BCUT2D eigenvalue weighted by Gasteiger charge is 2.08. The molecule has 0 spiro atoms. The van der Waals surface area contributed by atoms with Crippen LogP contribution < -0.4 is 5.56 Å². The molecule has 5 heteroatoms. The molecule has 0 aromatic carbocycles. The lowest BCUT2D eigenvalue weighted by Gasteiger charge is -1.97. The Hall–Kier alpha value is -2.35. The van der Waals surface area contributed by atoms with Crippen LogP contribution in [0.2, 0.25) is 0 Å². The van der Waals surface area contributed by atoms with E-state index in [1.165, 1.54) is 12.5 Å². The molecule has 0 saturated heterocycles. The third kappa shape index (κ3) is 1.53. The van der Waals surface area contributed by atoms with E-state index in [0.29, 0.717) is 11.6 Å². The molecule has 2 aromatic rings. The quantitative estimate of drug-likeness (QED) is 0.751. The number of aryl methyl sites for hydroxylation is 1. The van der Waals surface area contributed by atoms with Gasteiger partial charge in [-0.1, -0.05) is 0 Å². The number of furan rings is 1. The minimum Gasteiger partial charge on any atom is -0.469 e. The summed E-state index contributed by atoms with van der Waals surface area (Å²) in [4.78, 5) is 17.8. The van der Waals surface area contributed by atoms with Crippen LogP contribution in [-0.4, -0.2) is 9.97 Å². The Bertz CT molecular complexity index is 589. The summed E-state index contributed by atoms with van der Waals surface area (Å²) in [6.45, 7) is 1.77. The first kappa shape index (κ1) is 9.21. The number of nitrogens with zero attached hydrogens (tertiary/aromatic N) is 2. The second-order valence-electron chi connectivity index (χ2n) is 2.98. The van der Waals surface area contributed by atoms with Crippen molar-refractivity contribution in [3.05, 3.63) is 40.2 Å². The van der Waals surface area contributed by atoms with E-state index >= 15 is 0 Å². The molecule has 0 fully saturated rings. The molecule has 0 aliphatic rings. The van der Waals surface area contributed by atoms with Crippen molar-refractivity contribution in [3.8, 4) is 17.5 Å². The number of nitriles is 1. The van der Waals surface area contributed by atoms with Crippen molar-refractivity contribution in [1.29, 1.82) is 5.26 Å². The number of aromatic nitrogens is 2. The fourth-order valence-electron chi connectivity index (χ4n) is 1.24. The summed E-state index contributed by atoms with van der Waals surface area (Å²) in [6, 6.07) is 3.46. The Morgan fingerprint density at radius 3 is 2.93 bits per heavy atom. The zero-order valence-electron chi connectivity index (χ0n) is 7.94. The molecular weight excluding hydrogens is 194 g/mol. The minimum absolute atomic E-state index is 0.0000945. The Labute approximate surface area is 85.0 Å². The van der Waals surface area contributed by atoms with E-state index in [1.54, 1.807) is 19.1 Å². The number of hydrogen-bond acceptors (Lipinski definition) is 4. The molecule has 74 valence electrons. The first-order valence-corrected chi connectivity index (χ1v) is 4.26. The van der Waals surface area contributed by atoms with E-state index in [-0.39, 0.29) is 5.56 Å².